The molecule has 1 N–H and O–H groups in total. The van der Waals surface area contributed by atoms with Crippen molar-refractivity contribution in [3.8, 4) is 6.07 Å². The second-order valence-electron chi connectivity index (χ2n) is 7.98. The smallest absolute Gasteiger partial charge is 0.224 e. The highest BCUT2D eigenvalue weighted by molar-refractivity contribution is 6.00. The molecule has 2 rings (SSSR count). The highest BCUT2D eigenvalue weighted by Crippen LogP contribution is 2.23. The molecule has 0 aliphatic rings. The summed E-state index contributed by atoms with van der Waals surface area (Å²) in [5.41, 5.74) is 1.55. The van der Waals surface area contributed by atoms with Gasteiger partial charge in [-0.1, -0.05) is 82.9 Å². The number of amides is 1. The summed E-state index contributed by atoms with van der Waals surface area (Å²) in [5.74, 6) is 0.104. The number of anilines is 1. The lowest BCUT2D eigenvalue weighted by Gasteiger charge is -2.14. The molecule has 1 amide bonds. The molecule has 1 atom stereocenters. The van der Waals surface area contributed by atoms with Crippen LogP contribution in [0.3, 0.4) is 0 Å². The second-order valence-corrected chi connectivity index (χ2v) is 7.98. The lowest BCUT2D eigenvalue weighted by atomic mass is 9.94. The Kier molecular flexibility index (Phi) is 10.8. The fourth-order valence-electron chi connectivity index (χ4n) is 3.82. The van der Waals surface area contributed by atoms with Crippen LogP contribution < -0.4 is 5.32 Å². The van der Waals surface area contributed by atoms with Crippen molar-refractivity contribution < 1.29 is 4.79 Å². The number of carbonyl (C=O) groups is 1. The molecule has 0 fully saturated rings. The summed E-state index contributed by atoms with van der Waals surface area (Å²) in [5, 5.41) is 13.1. The molecule has 0 saturated carbocycles. The van der Waals surface area contributed by atoms with Gasteiger partial charge in [-0.2, -0.15) is 5.26 Å². The number of fused-ring (bicyclic) bond motifs is 1. The third kappa shape index (κ3) is 8.64. The van der Waals surface area contributed by atoms with Crippen molar-refractivity contribution in [3.63, 3.8) is 0 Å². The molecule has 2 aromatic rings. The van der Waals surface area contributed by atoms with E-state index in [0.717, 1.165) is 29.4 Å². The second kappa shape index (κ2) is 13.7. The van der Waals surface area contributed by atoms with Crippen molar-refractivity contribution in [2.45, 2.75) is 84.0 Å². The summed E-state index contributed by atoms with van der Waals surface area (Å²) >= 11 is 0. The Morgan fingerprint density at radius 1 is 1.03 bits per heavy atom. The van der Waals surface area contributed by atoms with E-state index in [2.05, 4.69) is 23.3 Å². The number of hydrogen-bond donors (Lipinski definition) is 1. The number of benzene rings is 1. The first-order valence-electron chi connectivity index (χ1n) is 11.2. The Morgan fingerprint density at radius 3 is 2.45 bits per heavy atom. The van der Waals surface area contributed by atoms with Gasteiger partial charge in [0.1, 0.15) is 0 Å². The first-order chi connectivity index (χ1) is 14.2. The van der Waals surface area contributed by atoms with Gasteiger partial charge in [-0.3, -0.25) is 9.78 Å². The van der Waals surface area contributed by atoms with Crippen LogP contribution in [-0.4, -0.2) is 10.9 Å². The molecule has 0 aliphatic heterocycles. The molecule has 0 radical (unpaired) electrons. The molecule has 1 aromatic carbocycles. The summed E-state index contributed by atoms with van der Waals surface area (Å²) in [6.07, 6.45) is 15.1. The zero-order chi connectivity index (χ0) is 20.7. The maximum absolute atomic E-state index is 12.6. The van der Waals surface area contributed by atoms with Crippen molar-refractivity contribution in [1.29, 1.82) is 5.26 Å². The summed E-state index contributed by atoms with van der Waals surface area (Å²) < 4.78 is 0. The number of nitriles is 1. The predicted molar refractivity (Wildman–Crippen MR) is 121 cm³/mol. The Balaban J connectivity index is 1.72. The minimum absolute atomic E-state index is 0.0284. The molecule has 0 aliphatic carbocycles. The van der Waals surface area contributed by atoms with E-state index in [-0.39, 0.29) is 11.8 Å². The molecule has 1 aromatic heterocycles. The van der Waals surface area contributed by atoms with Gasteiger partial charge in [0, 0.05) is 24.4 Å². The lowest BCUT2D eigenvalue weighted by Crippen LogP contribution is -2.17. The number of nitrogens with zero attached hydrogens (tertiary/aromatic N) is 2. The van der Waals surface area contributed by atoms with Gasteiger partial charge in [-0.05, 0) is 24.5 Å². The van der Waals surface area contributed by atoms with Crippen molar-refractivity contribution >= 4 is 22.5 Å². The van der Waals surface area contributed by atoms with Gasteiger partial charge in [0.15, 0.2) is 0 Å². The largest absolute Gasteiger partial charge is 0.324 e. The summed E-state index contributed by atoms with van der Waals surface area (Å²) in [4.78, 5) is 16.9. The van der Waals surface area contributed by atoms with E-state index in [0.29, 0.717) is 12.8 Å². The lowest BCUT2D eigenvalue weighted by molar-refractivity contribution is -0.117. The van der Waals surface area contributed by atoms with E-state index in [9.17, 15) is 4.79 Å². The molecule has 156 valence electrons. The van der Waals surface area contributed by atoms with Crippen LogP contribution in [0.5, 0.6) is 0 Å². The highest BCUT2D eigenvalue weighted by Gasteiger charge is 2.15. The minimum Gasteiger partial charge on any atom is -0.324 e. The van der Waals surface area contributed by atoms with E-state index in [1.807, 2.05) is 30.3 Å². The van der Waals surface area contributed by atoms with Crippen molar-refractivity contribution in [2.24, 2.45) is 5.92 Å². The highest BCUT2D eigenvalue weighted by atomic mass is 16.1. The Hall–Kier alpha value is -2.41. The Bertz CT molecular complexity index is 776. The van der Waals surface area contributed by atoms with E-state index in [1.165, 1.54) is 51.4 Å². The third-order valence-corrected chi connectivity index (χ3v) is 5.48. The third-order valence-electron chi connectivity index (χ3n) is 5.48. The van der Waals surface area contributed by atoms with E-state index in [1.54, 1.807) is 6.20 Å². The number of hydrogen-bond acceptors (Lipinski definition) is 3. The predicted octanol–water partition coefficient (Wildman–Crippen LogP) is 7.01. The molecular weight excluding hydrogens is 358 g/mol. The molecule has 0 bridgehead atoms. The number of para-hydroxylation sites is 1. The first kappa shape index (κ1) is 22.9. The van der Waals surface area contributed by atoms with E-state index < -0.39 is 0 Å². The van der Waals surface area contributed by atoms with Crippen molar-refractivity contribution in [1.82, 2.24) is 4.98 Å². The van der Waals surface area contributed by atoms with Crippen LogP contribution in [0, 0.1) is 17.2 Å². The van der Waals surface area contributed by atoms with E-state index in [4.69, 9.17) is 5.26 Å². The number of rotatable bonds is 14. The SMILES string of the molecule is CCCCCCCCCCCC(CC#N)CC(=O)Nc1cccc2cccnc12. The fraction of sp³-hybridized carbons (Fsp3) is 0.560. The molecule has 0 saturated heterocycles. The average molecular weight is 394 g/mol. The monoisotopic (exact) mass is 393 g/mol. The summed E-state index contributed by atoms with van der Waals surface area (Å²) in [6.45, 7) is 2.25. The number of aromatic nitrogens is 1. The van der Waals surface area contributed by atoms with Crippen LogP contribution in [0.25, 0.3) is 10.9 Å². The molecule has 1 unspecified atom stereocenters. The zero-order valence-electron chi connectivity index (χ0n) is 17.8. The minimum atomic E-state index is -0.0284. The van der Waals surface area contributed by atoms with Gasteiger partial charge in [0.2, 0.25) is 5.91 Å². The molecule has 4 nitrogen and oxygen atoms in total. The number of unbranched alkanes of at least 4 members (excludes halogenated alkanes) is 8. The Labute approximate surface area is 175 Å². The molecular formula is C25H35N3O. The van der Waals surface area contributed by atoms with Gasteiger partial charge < -0.3 is 5.32 Å². The van der Waals surface area contributed by atoms with Gasteiger partial charge in [-0.15, -0.1) is 0 Å². The average Bonchev–Trinajstić information content (AvgIpc) is 2.73. The standard InChI is InChI=1S/C25H35N3O/c1-2-3-4-5-6-7-8-9-10-13-21(17-18-26)20-24(29)28-23-16-11-14-22-15-12-19-27-25(22)23/h11-12,14-16,19,21H,2-10,13,17,20H2,1H3,(H,28,29). The fourth-order valence-corrected chi connectivity index (χ4v) is 3.82. The van der Waals surface area contributed by atoms with Gasteiger partial charge in [-0.25, -0.2) is 0 Å². The number of nitrogens with one attached hydrogen (secondary N) is 1. The van der Waals surface area contributed by atoms with Crippen LogP contribution >= 0.6 is 0 Å². The maximum Gasteiger partial charge on any atom is 0.224 e. The van der Waals surface area contributed by atoms with Crippen molar-refractivity contribution in [3.05, 3.63) is 36.5 Å². The van der Waals surface area contributed by atoms with Gasteiger partial charge >= 0.3 is 0 Å². The molecule has 29 heavy (non-hydrogen) atoms. The normalized spacial score (nSPS) is 11.9. The van der Waals surface area contributed by atoms with Crippen LogP contribution in [-0.2, 0) is 4.79 Å². The topological polar surface area (TPSA) is 65.8 Å². The maximum atomic E-state index is 12.6. The Morgan fingerprint density at radius 2 is 1.72 bits per heavy atom. The first-order valence-corrected chi connectivity index (χ1v) is 11.2. The van der Waals surface area contributed by atoms with Gasteiger partial charge in [0.05, 0.1) is 17.3 Å². The van der Waals surface area contributed by atoms with E-state index >= 15 is 0 Å². The van der Waals surface area contributed by atoms with Crippen molar-refractivity contribution in [2.75, 3.05) is 5.32 Å². The molecule has 4 heteroatoms. The zero-order valence-corrected chi connectivity index (χ0v) is 17.8. The van der Waals surface area contributed by atoms with Crippen LogP contribution in [0.1, 0.15) is 84.0 Å². The van der Waals surface area contributed by atoms with Gasteiger partial charge in [0.25, 0.3) is 0 Å². The number of carbonyl (C=O) groups excluding carboxylic acids is 1. The van der Waals surface area contributed by atoms with Crippen LogP contribution in [0.4, 0.5) is 5.69 Å². The quantitative estimate of drug-likeness (QED) is 0.351. The summed E-state index contributed by atoms with van der Waals surface area (Å²) in [7, 11) is 0. The number of pyridine rings is 1. The van der Waals surface area contributed by atoms with Crippen LogP contribution in [0.2, 0.25) is 0 Å². The molecule has 0 spiro atoms. The summed E-state index contributed by atoms with van der Waals surface area (Å²) in [6, 6.07) is 11.9. The molecule has 1 heterocycles. The van der Waals surface area contributed by atoms with Crippen LogP contribution in [0.15, 0.2) is 36.5 Å².